The molecule has 0 unspecified atom stereocenters. The zero-order valence-corrected chi connectivity index (χ0v) is 11.3. The average Bonchev–Trinajstić information content (AvgIpc) is 2.65. The summed E-state index contributed by atoms with van der Waals surface area (Å²) < 4.78 is 1.14. The van der Waals surface area contributed by atoms with Gasteiger partial charge in [-0.15, -0.1) is 11.3 Å². The molecule has 2 aromatic rings. The Morgan fingerprint density at radius 3 is 2.88 bits per heavy atom. The van der Waals surface area contributed by atoms with Gasteiger partial charge >= 0.3 is 0 Å². The van der Waals surface area contributed by atoms with Crippen molar-refractivity contribution in [3.05, 3.63) is 39.1 Å². The van der Waals surface area contributed by atoms with E-state index >= 15 is 0 Å². The first kappa shape index (κ1) is 11.4. The van der Waals surface area contributed by atoms with Crippen molar-refractivity contribution in [2.24, 2.45) is 0 Å². The molecule has 84 valence electrons. The first-order valence-corrected chi connectivity index (χ1v) is 6.48. The third-order valence-corrected chi connectivity index (χ3v) is 3.91. The molecule has 3 nitrogen and oxygen atoms in total. The number of nitrogens with two attached hydrogens (primary N) is 1. The van der Waals surface area contributed by atoms with Crippen molar-refractivity contribution in [3.63, 3.8) is 0 Å². The normalized spacial score (nSPS) is 10.4. The third kappa shape index (κ3) is 2.74. The summed E-state index contributed by atoms with van der Waals surface area (Å²) >= 11 is 5.19. The van der Waals surface area contributed by atoms with E-state index in [4.69, 9.17) is 5.73 Å². The number of rotatable bonds is 3. The number of aromatic nitrogens is 1. The van der Waals surface area contributed by atoms with Gasteiger partial charge in [0.1, 0.15) is 5.82 Å². The first-order chi connectivity index (χ1) is 7.65. The highest BCUT2D eigenvalue weighted by molar-refractivity contribution is 9.10. The zero-order valence-electron chi connectivity index (χ0n) is 8.85. The van der Waals surface area contributed by atoms with Crippen molar-refractivity contribution >= 4 is 38.8 Å². The van der Waals surface area contributed by atoms with Crippen LogP contribution in [0.5, 0.6) is 0 Å². The van der Waals surface area contributed by atoms with Crippen molar-refractivity contribution in [1.29, 1.82) is 0 Å². The van der Waals surface area contributed by atoms with Crippen molar-refractivity contribution < 1.29 is 0 Å². The standard InChI is InChI=1S/C11H12BrN3S/c1-15(6-10-4-8(12)7-16-10)9-2-3-11(13)14-5-9/h2-5,7H,6H2,1H3,(H2,13,14). The highest BCUT2D eigenvalue weighted by Crippen LogP contribution is 2.23. The Bertz CT molecular complexity index is 466. The van der Waals surface area contributed by atoms with Crippen molar-refractivity contribution in [3.8, 4) is 0 Å². The molecular weight excluding hydrogens is 286 g/mol. The van der Waals surface area contributed by atoms with E-state index < -0.39 is 0 Å². The molecule has 0 aliphatic rings. The SMILES string of the molecule is CN(Cc1cc(Br)cs1)c1ccc(N)nc1. The lowest BCUT2D eigenvalue weighted by Gasteiger charge is -2.17. The van der Waals surface area contributed by atoms with Crippen LogP contribution in [0.2, 0.25) is 0 Å². The molecular formula is C11H12BrN3S. The Morgan fingerprint density at radius 2 is 2.31 bits per heavy atom. The maximum atomic E-state index is 5.55. The van der Waals surface area contributed by atoms with Crippen molar-refractivity contribution in [1.82, 2.24) is 4.98 Å². The fraction of sp³-hybridized carbons (Fsp3) is 0.182. The van der Waals surface area contributed by atoms with Crippen LogP contribution < -0.4 is 10.6 Å². The largest absolute Gasteiger partial charge is 0.384 e. The van der Waals surface area contributed by atoms with Gasteiger partial charge in [0.05, 0.1) is 18.4 Å². The lowest BCUT2D eigenvalue weighted by atomic mass is 10.3. The Labute approximate surface area is 107 Å². The van der Waals surface area contributed by atoms with Crippen LogP contribution in [0.3, 0.4) is 0 Å². The van der Waals surface area contributed by atoms with Gasteiger partial charge in [-0.1, -0.05) is 0 Å². The Hall–Kier alpha value is -1.07. The summed E-state index contributed by atoms with van der Waals surface area (Å²) in [6.07, 6.45) is 1.79. The van der Waals surface area contributed by atoms with Crippen molar-refractivity contribution in [2.45, 2.75) is 6.54 Å². The van der Waals surface area contributed by atoms with Gasteiger partial charge in [0.25, 0.3) is 0 Å². The molecule has 0 amide bonds. The summed E-state index contributed by atoms with van der Waals surface area (Å²) in [5, 5.41) is 2.09. The first-order valence-electron chi connectivity index (χ1n) is 4.81. The Morgan fingerprint density at radius 1 is 1.50 bits per heavy atom. The van der Waals surface area contributed by atoms with Crippen LogP contribution in [-0.2, 0) is 6.54 Å². The molecule has 2 heterocycles. The number of hydrogen-bond donors (Lipinski definition) is 1. The molecule has 0 spiro atoms. The molecule has 0 aromatic carbocycles. The lowest BCUT2D eigenvalue weighted by Crippen LogP contribution is -2.15. The number of halogens is 1. The van der Waals surface area contributed by atoms with E-state index in [0.717, 1.165) is 16.7 Å². The number of hydrogen-bond acceptors (Lipinski definition) is 4. The van der Waals surface area contributed by atoms with Crippen LogP contribution in [0.1, 0.15) is 4.88 Å². The second-order valence-electron chi connectivity index (χ2n) is 3.53. The van der Waals surface area contributed by atoms with Crippen LogP contribution in [-0.4, -0.2) is 12.0 Å². The van der Waals surface area contributed by atoms with E-state index in [1.54, 1.807) is 17.5 Å². The Balaban J connectivity index is 2.08. The van der Waals surface area contributed by atoms with E-state index in [0.29, 0.717) is 5.82 Å². The van der Waals surface area contributed by atoms with Crippen LogP contribution in [0.4, 0.5) is 11.5 Å². The van der Waals surface area contributed by atoms with E-state index in [9.17, 15) is 0 Å². The average molecular weight is 298 g/mol. The molecule has 2 rings (SSSR count). The van der Waals surface area contributed by atoms with Crippen molar-refractivity contribution in [2.75, 3.05) is 17.7 Å². The molecule has 2 aromatic heterocycles. The molecule has 0 fully saturated rings. The Kier molecular flexibility index (Phi) is 3.46. The van der Waals surface area contributed by atoms with E-state index in [-0.39, 0.29) is 0 Å². The molecule has 2 N–H and O–H groups in total. The van der Waals surface area contributed by atoms with E-state index in [1.807, 2.05) is 19.2 Å². The summed E-state index contributed by atoms with van der Waals surface area (Å²) in [5.41, 5.74) is 6.62. The molecule has 0 saturated carbocycles. The summed E-state index contributed by atoms with van der Waals surface area (Å²) in [6, 6.07) is 5.92. The quantitative estimate of drug-likeness (QED) is 0.946. The van der Waals surface area contributed by atoms with E-state index in [2.05, 4.69) is 37.3 Å². The summed E-state index contributed by atoms with van der Waals surface area (Å²) in [7, 11) is 2.04. The zero-order chi connectivity index (χ0) is 11.5. The number of anilines is 2. The minimum Gasteiger partial charge on any atom is -0.384 e. The molecule has 0 bridgehead atoms. The number of nitrogens with zero attached hydrogens (tertiary/aromatic N) is 2. The maximum Gasteiger partial charge on any atom is 0.123 e. The predicted octanol–water partition coefficient (Wildman–Crippen LogP) is 3.12. The third-order valence-electron chi connectivity index (χ3n) is 2.23. The monoisotopic (exact) mass is 297 g/mol. The minimum atomic E-state index is 0.552. The smallest absolute Gasteiger partial charge is 0.123 e. The van der Waals surface area contributed by atoms with Gasteiger partial charge < -0.3 is 10.6 Å². The van der Waals surface area contributed by atoms with Gasteiger partial charge in [0.2, 0.25) is 0 Å². The maximum absolute atomic E-state index is 5.55. The highest BCUT2D eigenvalue weighted by Gasteiger charge is 2.04. The molecule has 0 saturated heterocycles. The molecule has 5 heteroatoms. The molecule has 0 radical (unpaired) electrons. The molecule has 0 aliphatic carbocycles. The molecule has 0 aliphatic heterocycles. The topological polar surface area (TPSA) is 42.1 Å². The fourth-order valence-corrected chi connectivity index (χ4v) is 2.89. The van der Waals surface area contributed by atoms with Gasteiger partial charge in [0.15, 0.2) is 0 Å². The van der Waals surface area contributed by atoms with Gasteiger partial charge in [-0.25, -0.2) is 4.98 Å². The second kappa shape index (κ2) is 4.84. The summed E-state index contributed by atoms with van der Waals surface area (Å²) in [5.74, 6) is 0.552. The van der Waals surface area contributed by atoms with Gasteiger partial charge in [0, 0.05) is 21.8 Å². The summed E-state index contributed by atoms with van der Waals surface area (Å²) in [4.78, 5) is 7.53. The van der Waals surface area contributed by atoms with Gasteiger partial charge in [-0.3, -0.25) is 0 Å². The second-order valence-corrected chi connectivity index (χ2v) is 5.44. The van der Waals surface area contributed by atoms with Gasteiger partial charge in [-0.05, 0) is 34.1 Å². The van der Waals surface area contributed by atoms with Crippen LogP contribution in [0.15, 0.2) is 34.2 Å². The lowest BCUT2D eigenvalue weighted by molar-refractivity contribution is 0.935. The molecule has 0 atom stereocenters. The predicted molar refractivity (Wildman–Crippen MR) is 72.8 cm³/mol. The van der Waals surface area contributed by atoms with E-state index in [1.165, 1.54) is 4.88 Å². The highest BCUT2D eigenvalue weighted by atomic mass is 79.9. The number of pyridine rings is 1. The number of thiophene rings is 1. The van der Waals surface area contributed by atoms with Crippen LogP contribution in [0, 0.1) is 0 Å². The minimum absolute atomic E-state index is 0.552. The van der Waals surface area contributed by atoms with Crippen LogP contribution >= 0.6 is 27.3 Å². The fourth-order valence-electron chi connectivity index (χ4n) is 1.39. The number of nitrogen functional groups attached to an aromatic ring is 1. The van der Waals surface area contributed by atoms with Gasteiger partial charge in [-0.2, -0.15) is 0 Å². The molecule has 16 heavy (non-hydrogen) atoms. The van der Waals surface area contributed by atoms with Crippen LogP contribution in [0.25, 0.3) is 0 Å². The summed E-state index contributed by atoms with van der Waals surface area (Å²) in [6.45, 7) is 0.877.